The van der Waals surface area contributed by atoms with Crippen molar-refractivity contribution in [3.8, 4) is 0 Å². The van der Waals surface area contributed by atoms with Gasteiger partial charge >= 0.3 is 0 Å². The molecule has 0 saturated heterocycles. The lowest BCUT2D eigenvalue weighted by molar-refractivity contribution is -0.385. The number of hydrogen-bond acceptors (Lipinski definition) is 5. The van der Waals surface area contributed by atoms with Crippen LogP contribution in [-0.2, 0) is 14.6 Å². The molecule has 0 aliphatic rings. The largest absolute Gasteiger partial charge is 0.378 e. The molecule has 106 valence electrons. The summed E-state index contributed by atoms with van der Waals surface area (Å²) in [5.41, 5.74) is 0.243. The highest BCUT2D eigenvalue weighted by Crippen LogP contribution is 2.23. The number of sulfone groups is 1. The number of hydrogen-bond donors (Lipinski definition) is 0. The zero-order valence-corrected chi connectivity index (χ0v) is 11.9. The maximum atomic E-state index is 12.1. The summed E-state index contributed by atoms with van der Waals surface area (Å²) in [6.45, 7) is 5.42. The first-order valence-corrected chi connectivity index (χ1v) is 7.52. The molecule has 0 radical (unpaired) electrons. The molecule has 0 saturated carbocycles. The normalized spacial score (nSPS) is 13.2. The van der Waals surface area contributed by atoms with Gasteiger partial charge < -0.3 is 4.74 Å². The molecular weight excluding hydrogens is 270 g/mol. The number of aryl methyl sites for hydroxylation is 1. The van der Waals surface area contributed by atoms with Gasteiger partial charge in [-0.05, 0) is 26.8 Å². The van der Waals surface area contributed by atoms with E-state index in [-0.39, 0.29) is 16.3 Å². The van der Waals surface area contributed by atoms with Crippen LogP contribution in [0.4, 0.5) is 5.69 Å². The molecule has 0 heterocycles. The van der Waals surface area contributed by atoms with E-state index in [0.29, 0.717) is 12.2 Å². The van der Waals surface area contributed by atoms with E-state index in [1.165, 1.54) is 12.1 Å². The van der Waals surface area contributed by atoms with Crippen molar-refractivity contribution in [1.82, 2.24) is 0 Å². The Hall–Kier alpha value is -1.47. The van der Waals surface area contributed by atoms with Crippen LogP contribution in [0.2, 0.25) is 0 Å². The number of nitro benzene ring substituents is 1. The topological polar surface area (TPSA) is 86.5 Å². The third-order valence-electron chi connectivity index (χ3n) is 2.64. The predicted octanol–water partition coefficient (Wildman–Crippen LogP) is 2.10. The molecule has 0 spiro atoms. The Morgan fingerprint density at radius 2 is 2.05 bits per heavy atom. The number of rotatable bonds is 6. The molecule has 0 aliphatic heterocycles. The highest BCUT2D eigenvalue weighted by Gasteiger charge is 2.22. The van der Waals surface area contributed by atoms with Gasteiger partial charge in [0.2, 0.25) is 0 Å². The molecule has 7 heteroatoms. The van der Waals surface area contributed by atoms with Crippen molar-refractivity contribution in [3.05, 3.63) is 33.9 Å². The average Bonchev–Trinajstić information content (AvgIpc) is 2.28. The minimum absolute atomic E-state index is 0.0450. The molecule has 1 aromatic rings. The van der Waals surface area contributed by atoms with Gasteiger partial charge in [-0.2, -0.15) is 0 Å². The van der Waals surface area contributed by atoms with Gasteiger partial charge in [0.25, 0.3) is 5.69 Å². The van der Waals surface area contributed by atoms with Gasteiger partial charge in [-0.25, -0.2) is 8.42 Å². The molecule has 0 amide bonds. The summed E-state index contributed by atoms with van der Waals surface area (Å²) < 4.78 is 29.4. The van der Waals surface area contributed by atoms with Crippen LogP contribution in [0, 0.1) is 17.0 Å². The van der Waals surface area contributed by atoms with Gasteiger partial charge in [0.1, 0.15) is 0 Å². The first kappa shape index (κ1) is 15.6. The SMILES string of the molecule is CCO[C@H](C)CS(=O)(=O)c1ccc(C)c([N+](=O)[O-])c1. The molecule has 1 atom stereocenters. The molecular formula is C12H17NO5S. The van der Waals surface area contributed by atoms with Gasteiger partial charge in [-0.1, -0.05) is 6.07 Å². The van der Waals surface area contributed by atoms with Crippen molar-refractivity contribution >= 4 is 15.5 Å². The number of ether oxygens (including phenoxy) is 1. The summed E-state index contributed by atoms with van der Waals surface area (Å²) in [5.74, 6) is -0.193. The summed E-state index contributed by atoms with van der Waals surface area (Å²) in [5, 5.41) is 10.8. The third kappa shape index (κ3) is 4.00. The Labute approximate surface area is 112 Å². The average molecular weight is 287 g/mol. The zero-order chi connectivity index (χ0) is 14.6. The lowest BCUT2D eigenvalue weighted by Crippen LogP contribution is -2.21. The van der Waals surface area contributed by atoms with Crippen LogP contribution in [0.15, 0.2) is 23.1 Å². The molecule has 0 aliphatic carbocycles. The molecule has 1 aromatic carbocycles. The van der Waals surface area contributed by atoms with Crippen molar-refractivity contribution in [2.75, 3.05) is 12.4 Å². The fourth-order valence-electron chi connectivity index (χ4n) is 1.72. The van der Waals surface area contributed by atoms with Crippen molar-refractivity contribution in [2.24, 2.45) is 0 Å². The standard InChI is InChI=1S/C12H17NO5S/c1-4-18-10(3)8-19(16,17)11-6-5-9(2)12(7-11)13(14)15/h5-7,10H,4,8H2,1-3H3/t10-/m1/s1. The Morgan fingerprint density at radius 3 is 2.58 bits per heavy atom. The highest BCUT2D eigenvalue weighted by molar-refractivity contribution is 7.91. The summed E-state index contributed by atoms with van der Waals surface area (Å²) in [4.78, 5) is 10.2. The molecule has 19 heavy (non-hydrogen) atoms. The second-order valence-electron chi connectivity index (χ2n) is 4.25. The van der Waals surface area contributed by atoms with Crippen LogP contribution in [0.5, 0.6) is 0 Å². The highest BCUT2D eigenvalue weighted by atomic mass is 32.2. The van der Waals surface area contributed by atoms with E-state index < -0.39 is 20.9 Å². The Kier molecular flexibility index (Phi) is 5.02. The van der Waals surface area contributed by atoms with Gasteiger partial charge in [-0.15, -0.1) is 0 Å². The lowest BCUT2D eigenvalue weighted by atomic mass is 10.2. The van der Waals surface area contributed by atoms with Crippen LogP contribution in [0.1, 0.15) is 19.4 Å². The van der Waals surface area contributed by atoms with E-state index in [1.54, 1.807) is 20.8 Å². The maximum absolute atomic E-state index is 12.1. The molecule has 0 bridgehead atoms. The quantitative estimate of drug-likeness (QED) is 0.590. The van der Waals surface area contributed by atoms with Crippen LogP contribution in [0.3, 0.4) is 0 Å². The Balaban J connectivity index is 3.08. The molecule has 6 nitrogen and oxygen atoms in total. The number of benzene rings is 1. The molecule has 0 N–H and O–H groups in total. The smallest absolute Gasteiger partial charge is 0.273 e. The zero-order valence-electron chi connectivity index (χ0n) is 11.1. The predicted molar refractivity (Wildman–Crippen MR) is 71.0 cm³/mol. The van der Waals surface area contributed by atoms with Crippen LogP contribution in [-0.4, -0.2) is 31.8 Å². The van der Waals surface area contributed by atoms with Crippen molar-refractivity contribution in [3.63, 3.8) is 0 Å². The van der Waals surface area contributed by atoms with Gasteiger partial charge in [0.15, 0.2) is 9.84 Å². The van der Waals surface area contributed by atoms with E-state index in [0.717, 1.165) is 6.07 Å². The second-order valence-corrected chi connectivity index (χ2v) is 6.29. The second kappa shape index (κ2) is 6.12. The van der Waals surface area contributed by atoms with E-state index in [1.807, 2.05) is 0 Å². The lowest BCUT2D eigenvalue weighted by Gasteiger charge is -2.12. The van der Waals surface area contributed by atoms with Crippen molar-refractivity contribution in [1.29, 1.82) is 0 Å². The van der Waals surface area contributed by atoms with Gasteiger partial charge in [0, 0.05) is 18.2 Å². The van der Waals surface area contributed by atoms with E-state index in [2.05, 4.69) is 0 Å². The minimum atomic E-state index is -3.58. The van der Waals surface area contributed by atoms with E-state index in [9.17, 15) is 18.5 Å². The summed E-state index contributed by atoms with van der Waals surface area (Å²) >= 11 is 0. The molecule has 1 rings (SSSR count). The fourth-order valence-corrected chi connectivity index (χ4v) is 3.19. The van der Waals surface area contributed by atoms with Gasteiger partial charge in [-0.3, -0.25) is 10.1 Å². The van der Waals surface area contributed by atoms with Crippen LogP contribution < -0.4 is 0 Å². The molecule has 0 aromatic heterocycles. The van der Waals surface area contributed by atoms with Gasteiger partial charge in [0.05, 0.1) is 21.7 Å². The van der Waals surface area contributed by atoms with E-state index >= 15 is 0 Å². The summed E-state index contributed by atoms with van der Waals surface area (Å²) in [6.07, 6.45) is -0.449. The monoisotopic (exact) mass is 287 g/mol. The van der Waals surface area contributed by atoms with Crippen molar-refractivity contribution in [2.45, 2.75) is 31.8 Å². The molecule has 0 fully saturated rings. The minimum Gasteiger partial charge on any atom is -0.378 e. The third-order valence-corrected chi connectivity index (χ3v) is 4.52. The Bertz CT molecular complexity index is 567. The maximum Gasteiger partial charge on any atom is 0.273 e. The summed E-state index contributed by atoms with van der Waals surface area (Å²) in [7, 11) is -3.58. The summed E-state index contributed by atoms with van der Waals surface area (Å²) in [6, 6.07) is 3.93. The Morgan fingerprint density at radius 1 is 1.42 bits per heavy atom. The molecule has 0 unspecified atom stereocenters. The number of nitro groups is 1. The first-order valence-electron chi connectivity index (χ1n) is 5.87. The number of nitrogens with zero attached hydrogens (tertiary/aromatic N) is 1. The van der Waals surface area contributed by atoms with Crippen molar-refractivity contribution < 1.29 is 18.1 Å². The van der Waals surface area contributed by atoms with E-state index in [4.69, 9.17) is 4.74 Å². The van der Waals surface area contributed by atoms with Crippen LogP contribution in [0.25, 0.3) is 0 Å². The first-order chi connectivity index (χ1) is 8.77. The fraction of sp³-hybridized carbons (Fsp3) is 0.500. The van der Waals surface area contributed by atoms with Crippen LogP contribution >= 0.6 is 0 Å².